The molecule has 0 bridgehead atoms. The first-order valence-electron chi connectivity index (χ1n) is 6.87. The molecule has 9 heteroatoms. The van der Waals surface area contributed by atoms with Crippen LogP contribution >= 0.6 is 11.6 Å². The van der Waals surface area contributed by atoms with Gasteiger partial charge in [-0.1, -0.05) is 31.2 Å². The van der Waals surface area contributed by atoms with Crippen molar-refractivity contribution in [2.24, 2.45) is 0 Å². The Kier molecular flexibility index (Phi) is 4.95. The molecule has 0 fully saturated rings. The number of ether oxygens (including phenoxy) is 1. The Balaban J connectivity index is 2.28. The number of hydrogen-bond donors (Lipinski definition) is 0. The van der Waals surface area contributed by atoms with E-state index >= 15 is 0 Å². The number of aromatic nitrogens is 3. The van der Waals surface area contributed by atoms with Crippen LogP contribution in [0.3, 0.4) is 0 Å². The van der Waals surface area contributed by atoms with Gasteiger partial charge in [0, 0.05) is 27.0 Å². The molecule has 2 aromatic heterocycles. The van der Waals surface area contributed by atoms with Gasteiger partial charge in [0.25, 0.3) is 0 Å². The van der Waals surface area contributed by atoms with Gasteiger partial charge in [-0.05, 0) is 6.04 Å². The van der Waals surface area contributed by atoms with Crippen molar-refractivity contribution >= 4 is 40.5 Å². The van der Waals surface area contributed by atoms with Crippen LogP contribution in [0.2, 0.25) is 30.8 Å². The predicted octanol–water partition coefficient (Wildman–Crippen LogP) is 2.80. The van der Waals surface area contributed by atoms with E-state index in [1.54, 1.807) is 17.0 Å². The van der Waals surface area contributed by atoms with Crippen LogP contribution in [0.25, 0.3) is 11.0 Å². The van der Waals surface area contributed by atoms with E-state index in [1.165, 1.54) is 0 Å². The maximum absolute atomic E-state index is 11.9. The van der Waals surface area contributed by atoms with Gasteiger partial charge < -0.3 is 9.30 Å². The van der Waals surface area contributed by atoms with Crippen LogP contribution in [0.4, 0.5) is 0 Å². The second-order valence-electron chi connectivity index (χ2n) is 6.45. The summed E-state index contributed by atoms with van der Waals surface area (Å²) in [7, 11) is -4.66. The Morgan fingerprint density at radius 2 is 2.05 bits per heavy atom. The van der Waals surface area contributed by atoms with Crippen LogP contribution in [0.1, 0.15) is 0 Å². The first kappa shape index (κ1) is 17.4. The first-order valence-corrected chi connectivity index (χ1v) is 12.8. The van der Waals surface area contributed by atoms with Crippen LogP contribution < -0.4 is 0 Å². The highest BCUT2D eigenvalue weighted by Gasteiger charge is 2.20. The summed E-state index contributed by atoms with van der Waals surface area (Å²) in [6.07, 6.45) is 2.65. The number of nitrogens with zero attached hydrogens (tertiary/aromatic N) is 3. The molecule has 0 aliphatic carbocycles. The van der Waals surface area contributed by atoms with E-state index in [-0.39, 0.29) is 16.9 Å². The Bertz CT molecular complexity index is 784. The van der Waals surface area contributed by atoms with Crippen molar-refractivity contribution in [1.29, 1.82) is 0 Å². The van der Waals surface area contributed by atoms with Gasteiger partial charge in [0.05, 0.1) is 11.8 Å². The number of halogens is 1. The van der Waals surface area contributed by atoms with E-state index in [1.807, 2.05) is 0 Å². The molecule has 0 atom stereocenters. The molecule has 0 aliphatic rings. The van der Waals surface area contributed by atoms with Crippen LogP contribution in [-0.4, -0.2) is 43.9 Å². The Morgan fingerprint density at radius 3 is 2.64 bits per heavy atom. The third-order valence-corrected chi connectivity index (χ3v) is 6.00. The second-order valence-corrected chi connectivity index (χ2v) is 14.4. The Labute approximate surface area is 136 Å². The summed E-state index contributed by atoms with van der Waals surface area (Å²) in [6, 6.07) is 2.59. The maximum Gasteiger partial charge on any atom is 0.195 e. The summed E-state index contributed by atoms with van der Waals surface area (Å²) in [5.41, 5.74) is 0.925. The van der Waals surface area contributed by atoms with Gasteiger partial charge >= 0.3 is 0 Å². The standard InChI is InChI=1S/C13H20ClN3O3SSi/c1-21(18,19)13-12-10(7-11(14)16-13)15-8-17(12)9-20-5-6-22(2,3)4/h7-8H,5-6,9H2,1-4H3. The second kappa shape index (κ2) is 6.27. The molecule has 0 spiro atoms. The highest BCUT2D eigenvalue weighted by Crippen LogP contribution is 2.24. The molecule has 0 N–H and O–H groups in total. The molecule has 0 aliphatic heterocycles. The van der Waals surface area contributed by atoms with Gasteiger partial charge in [-0.25, -0.2) is 18.4 Å². The van der Waals surface area contributed by atoms with Crippen molar-refractivity contribution in [3.05, 3.63) is 17.5 Å². The molecular formula is C13H20ClN3O3SSi. The lowest BCUT2D eigenvalue weighted by atomic mass is 10.4. The minimum atomic E-state index is -3.50. The maximum atomic E-state index is 11.9. The average Bonchev–Trinajstić information content (AvgIpc) is 2.74. The summed E-state index contributed by atoms with van der Waals surface area (Å²) >= 11 is 5.86. The van der Waals surface area contributed by atoms with Gasteiger partial charge in [0.2, 0.25) is 0 Å². The summed E-state index contributed by atoms with van der Waals surface area (Å²) in [6.45, 7) is 7.71. The van der Waals surface area contributed by atoms with Crippen LogP contribution in [-0.2, 0) is 21.3 Å². The fourth-order valence-corrected chi connectivity index (χ4v) is 3.76. The van der Waals surface area contributed by atoms with E-state index < -0.39 is 17.9 Å². The highest BCUT2D eigenvalue weighted by atomic mass is 35.5. The lowest BCUT2D eigenvalue weighted by molar-refractivity contribution is 0.0895. The predicted molar refractivity (Wildman–Crippen MR) is 89.8 cm³/mol. The van der Waals surface area contributed by atoms with Gasteiger partial charge in [0.15, 0.2) is 14.9 Å². The third-order valence-electron chi connectivity index (χ3n) is 3.11. The molecule has 0 aromatic carbocycles. The highest BCUT2D eigenvalue weighted by molar-refractivity contribution is 7.90. The molecule has 2 rings (SSSR count). The largest absolute Gasteiger partial charge is 0.361 e. The molecule has 22 heavy (non-hydrogen) atoms. The molecule has 2 heterocycles. The van der Waals surface area contributed by atoms with Crippen LogP contribution in [0.15, 0.2) is 17.4 Å². The van der Waals surface area contributed by atoms with Gasteiger partial charge in [-0.15, -0.1) is 0 Å². The van der Waals surface area contributed by atoms with Crippen molar-refractivity contribution < 1.29 is 13.2 Å². The lowest BCUT2D eigenvalue weighted by Gasteiger charge is -2.15. The molecule has 0 amide bonds. The monoisotopic (exact) mass is 361 g/mol. The number of fused-ring (bicyclic) bond motifs is 1. The topological polar surface area (TPSA) is 74.1 Å². The fraction of sp³-hybridized carbons (Fsp3) is 0.538. The Morgan fingerprint density at radius 1 is 1.36 bits per heavy atom. The van der Waals surface area contributed by atoms with Gasteiger partial charge in [-0.2, -0.15) is 0 Å². The molecule has 0 saturated carbocycles. The van der Waals surface area contributed by atoms with E-state index in [9.17, 15) is 8.42 Å². The zero-order valence-corrected chi connectivity index (χ0v) is 15.7. The van der Waals surface area contributed by atoms with Crippen molar-refractivity contribution in [2.75, 3.05) is 12.9 Å². The normalized spacial score (nSPS) is 13.0. The molecule has 2 aromatic rings. The molecule has 0 unspecified atom stereocenters. The van der Waals surface area contributed by atoms with E-state index in [0.29, 0.717) is 17.6 Å². The number of hydrogen-bond acceptors (Lipinski definition) is 5. The molecule has 6 nitrogen and oxygen atoms in total. The SMILES string of the molecule is C[Si](C)(C)CCOCn1cnc2cc(Cl)nc(S(C)(=O)=O)c21. The van der Waals surface area contributed by atoms with Crippen molar-refractivity contribution in [3.8, 4) is 0 Å². The summed E-state index contributed by atoms with van der Waals surface area (Å²) in [5, 5.41) is 0.0409. The van der Waals surface area contributed by atoms with Crippen LogP contribution in [0, 0.1) is 0 Å². The van der Waals surface area contributed by atoms with E-state index in [0.717, 1.165) is 12.3 Å². The van der Waals surface area contributed by atoms with Gasteiger partial charge in [0.1, 0.15) is 17.4 Å². The zero-order chi connectivity index (χ0) is 16.5. The average molecular weight is 362 g/mol. The molecule has 122 valence electrons. The van der Waals surface area contributed by atoms with Crippen molar-refractivity contribution in [2.45, 2.75) is 37.4 Å². The number of imidazole rings is 1. The fourth-order valence-electron chi connectivity index (χ4n) is 1.93. The Hall–Kier alpha value is -0.963. The van der Waals surface area contributed by atoms with Gasteiger partial charge in [-0.3, -0.25) is 0 Å². The quantitative estimate of drug-likeness (QED) is 0.449. The minimum absolute atomic E-state index is 0.0682. The third kappa shape index (κ3) is 4.28. The summed E-state index contributed by atoms with van der Waals surface area (Å²) in [5.74, 6) is 0. The number of sulfone groups is 1. The summed E-state index contributed by atoms with van der Waals surface area (Å²) in [4.78, 5) is 8.12. The van der Waals surface area contributed by atoms with Crippen molar-refractivity contribution in [3.63, 3.8) is 0 Å². The minimum Gasteiger partial charge on any atom is -0.361 e. The summed E-state index contributed by atoms with van der Waals surface area (Å²) < 4.78 is 31.1. The van der Waals surface area contributed by atoms with E-state index in [4.69, 9.17) is 16.3 Å². The first-order chi connectivity index (χ1) is 10.1. The lowest BCUT2D eigenvalue weighted by Crippen LogP contribution is -2.22. The molecule has 0 radical (unpaired) electrons. The number of rotatable bonds is 6. The van der Waals surface area contributed by atoms with Crippen LogP contribution in [0.5, 0.6) is 0 Å². The smallest absolute Gasteiger partial charge is 0.195 e. The zero-order valence-electron chi connectivity index (χ0n) is 13.1. The van der Waals surface area contributed by atoms with E-state index in [2.05, 4.69) is 29.6 Å². The molecular weight excluding hydrogens is 342 g/mol. The number of pyridine rings is 1. The van der Waals surface area contributed by atoms with Crippen molar-refractivity contribution in [1.82, 2.24) is 14.5 Å². The molecule has 0 saturated heterocycles.